The molecule has 1 atom stereocenters. The third kappa shape index (κ3) is 7.16. The fourth-order valence-electron chi connectivity index (χ4n) is 7.99. The second kappa shape index (κ2) is 15.6. The molecule has 7 aromatic carbocycles. The van der Waals surface area contributed by atoms with Crippen LogP contribution >= 0.6 is 0 Å². The average molecular weight is 940 g/mol. The Morgan fingerprint density at radius 3 is 2.25 bits per heavy atom. The summed E-state index contributed by atoms with van der Waals surface area (Å²) in [6.07, 6.45) is 1.97. The zero-order chi connectivity index (χ0) is 39.3. The Hall–Kier alpha value is -6.59. The first-order valence-corrected chi connectivity index (χ1v) is 19.6. The summed E-state index contributed by atoms with van der Waals surface area (Å²) in [5.74, 6) is 0. The third-order valence-electron chi connectivity index (χ3n) is 11.1. The van der Waals surface area contributed by atoms with E-state index in [9.17, 15) is 0 Å². The first kappa shape index (κ1) is 38.0. The molecule has 286 valence electrons. The molecular weight excluding hydrogens is 901 g/mol. The average Bonchev–Trinajstić information content (AvgIpc) is 3.87. The molecule has 4 heterocycles. The molecule has 0 bridgehead atoms. The van der Waals surface area contributed by atoms with Gasteiger partial charge in [0.25, 0.3) is 0 Å². The van der Waals surface area contributed by atoms with Crippen molar-refractivity contribution < 1.29 is 24.5 Å². The summed E-state index contributed by atoms with van der Waals surface area (Å²) in [4.78, 5) is 9.67. The van der Waals surface area contributed by atoms with Gasteiger partial charge in [0.2, 0.25) is 0 Å². The van der Waals surface area contributed by atoms with Crippen LogP contribution in [0.1, 0.15) is 34.1 Å². The Kier molecular flexibility index (Phi) is 10.1. The number of aromatic nitrogens is 2. The number of pyridine rings is 2. The minimum atomic E-state index is 0. The second-order valence-electron chi connectivity index (χ2n) is 15.2. The van der Waals surface area contributed by atoms with Crippen LogP contribution in [0.4, 0.5) is 11.4 Å². The maximum absolute atomic E-state index is 6.58. The second-order valence-corrected chi connectivity index (χ2v) is 15.2. The number of benzene rings is 7. The number of aryl methyl sites for hydroxylation is 4. The molecule has 11 rings (SSSR count). The van der Waals surface area contributed by atoms with Gasteiger partial charge < -0.3 is 20.0 Å². The molecule has 1 aliphatic heterocycles. The smallest absolute Gasteiger partial charge is 0.662 e. The van der Waals surface area contributed by atoms with Crippen LogP contribution in [0.5, 0.6) is 0 Å². The molecule has 1 unspecified atom stereocenters. The largest absolute Gasteiger partial charge is 3.00 e. The van der Waals surface area contributed by atoms with Gasteiger partial charge in [-0.3, -0.25) is 0 Å². The molecule has 0 amide bonds. The summed E-state index contributed by atoms with van der Waals surface area (Å²) in [5, 5.41) is 13.6. The van der Waals surface area contributed by atoms with Crippen molar-refractivity contribution in [2.75, 3.05) is 5.32 Å². The molecule has 0 aliphatic carbocycles. The van der Waals surface area contributed by atoms with Crippen LogP contribution in [0.3, 0.4) is 0 Å². The molecule has 0 saturated heterocycles. The van der Waals surface area contributed by atoms with Crippen LogP contribution in [0, 0.1) is 39.8 Å². The van der Waals surface area contributed by atoms with Gasteiger partial charge in [-0.25, -0.2) is 4.98 Å². The van der Waals surface area contributed by atoms with Crippen molar-refractivity contribution in [2.45, 2.75) is 33.9 Å². The molecular formula is C53H39IrN4O. The van der Waals surface area contributed by atoms with Gasteiger partial charge in [-0.05, 0) is 101 Å². The van der Waals surface area contributed by atoms with Gasteiger partial charge in [-0.1, -0.05) is 109 Å². The quantitative estimate of drug-likeness (QED) is 0.179. The van der Waals surface area contributed by atoms with Gasteiger partial charge in [0.05, 0.1) is 5.58 Å². The fourth-order valence-corrected chi connectivity index (χ4v) is 7.99. The Bertz CT molecular complexity index is 3150. The zero-order valence-electron chi connectivity index (χ0n) is 33.1. The number of para-hydroxylation sites is 2. The van der Waals surface area contributed by atoms with Crippen molar-refractivity contribution in [1.29, 1.82) is 0 Å². The monoisotopic (exact) mass is 940 g/mol. The zero-order valence-corrected chi connectivity index (χ0v) is 35.5. The molecule has 1 N–H and O–H groups in total. The molecule has 59 heavy (non-hydrogen) atoms. The molecule has 0 radical (unpaired) electrons. The number of fused-ring (bicyclic) bond motifs is 7. The summed E-state index contributed by atoms with van der Waals surface area (Å²) in [7, 11) is 0. The number of nitrogens with one attached hydrogen (secondary N) is 1. The molecule has 0 saturated carbocycles. The van der Waals surface area contributed by atoms with Crippen LogP contribution in [0.2, 0.25) is 0 Å². The SMILES string of the molecule is Cc1c[c-]c(C2[N-]c3ccccc3N2)cc1.Cc1ccc2ccc3c4cc[c-]c(-c5cc(-c6cc7ccc(-c8ccccc8)cc7cc6C)c(C)cn5)c4oc3c2n1.[Ir+3]. The van der Waals surface area contributed by atoms with E-state index >= 15 is 0 Å². The van der Waals surface area contributed by atoms with Crippen molar-refractivity contribution in [1.82, 2.24) is 9.97 Å². The first-order valence-electron chi connectivity index (χ1n) is 19.6. The predicted octanol–water partition coefficient (Wildman–Crippen LogP) is 14.3. The molecule has 1 aliphatic rings. The Balaban J connectivity index is 0.000000221. The van der Waals surface area contributed by atoms with Crippen molar-refractivity contribution in [2.24, 2.45) is 0 Å². The number of hydrogen-bond donors (Lipinski definition) is 1. The summed E-state index contributed by atoms with van der Waals surface area (Å²) in [5.41, 5.74) is 16.8. The molecule has 0 spiro atoms. The third-order valence-corrected chi connectivity index (χ3v) is 11.1. The minimum absolute atomic E-state index is 0. The van der Waals surface area contributed by atoms with Gasteiger partial charge in [-0.2, -0.15) is 35.4 Å². The van der Waals surface area contributed by atoms with Gasteiger partial charge >= 0.3 is 20.1 Å². The van der Waals surface area contributed by atoms with E-state index in [0.29, 0.717) is 0 Å². The Labute approximate surface area is 357 Å². The van der Waals surface area contributed by atoms with Crippen molar-refractivity contribution >= 4 is 55.0 Å². The van der Waals surface area contributed by atoms with Crippen LogP contribution in [-0.2, 0) is 20.1 Å². The predicted molar refractivity (Wildman–Crippen MR) is 240 cm³/mol. The number of furan rings is 1. The molecule has 3 aromatic heterocycles. The van der Waals surface area contributed by atoms with E-state index in [1.54, 1.807) is 0 Å². The van der Waals surface area contributed by atoms with Gasteiger partial charge in [0.15, 0.2) is 0 Å². The van der Waals surface area contributed by atoms with Crippen LogP contribution in [-0.4, -0.2) is 9.97 Å². The fraction of sp³-hybridized carbons (Fsp3) is 0.0943. The van der Waals surface area contributed by atoms with E-state index in [-0.39, 0.29) is 26.3 Å². The van der Waals surface area contributed by atoms with E-state index in [1.807, 2.05) is 55.6 Å². The Morgan fingerprint density at radius 2 is 1.42 bits per heavy atom. The minimum Gasteiger partial charge on any atom is -0.662 e. The van der Waals surface area contributed by atoms with Gasteiger partial charge in [-0.15, -0.1) is 23.9 Å². The van der Waals surface area contributed by atoms with E-state index in [4.69, 9.17) is 14.4 Å². The van der Waals surface area contributed by atoms with Crippen molar-refractivity contribution in [3.05, 3.63) is 197 Å². The number of nitrogens with zero attached hydrogens (tertiary/aromatic N) is 3. The molecule has 6 heteroatoms. The van der Waals surface area contributed by atoms with E-state index in [0.717, 1.165) is 77.9 Å². The van der Waals surface area contributed by atoms with E-state index in [2.05, 4.69) is 147 Å². The number of anilines is 1. The standard InChI is InChI=1S/C39H27N2O.C14H12N2.Ir/c1-23-18-30-19-28(26-8-5-4-6-9-26)14-15-29(30)20-34(23)35-21-36(40-22-24(35)2)33-11-7-10-31-32-17-16-27-13-12-25(3)41-37(27)39(32)42-38(31)33;1-10-6-8-11(9-7-10)14-15-12-4-2-3-5-13(12)16-14;/h4-10,12-22H,1-3H3;2-8,14-15H,1H3;/q-1;-2;+3. The number of hydrogen-bond acceptors (Lipinski definition) is 4. The van der Waals surface area contributed by atoms with E-state index < -0.39 is 0 Å². The number of rotatable bonds is 4. The van der Waals surface area contributed by atoms with Gasteiger partial charge in [0.1, 0.15) is 11.1 Å². The summed E-state index contributed by atoms with van der Waals surface area (Å²) in [6, 6.07) is 57.4. The van der Waals surface area contributed by atoms with E-state index in [1.165, 1.54) is 38.6 Å². The first-order chi connectivity index (χ1) is 28.4. The molecule has 0 fully saturated rings. The topological polar surface area (TPSA) is 65.1 Å². The molecule has 5 nitrogen and oxygen atoms in total. The van der Waals surface area contributed by atoms with Crippen molar-refractivity contribution in [3.63, 3.8) is 0 Å². The van der Waals surface area contributed by atoms with Crippen molar-refractivity contribution in [3.8, 4) is 33.5 Å². The maximum Gasteiger partial charge on any atom is 3.00 e. The van der Waals surface area contributed by atoms with Gasteiger partial charge in [0, 0.05) is 28.4 Å². The Morgan fingerprint density at radius 1 is 0.644 bits per heavy atom. The summed E-state index contributed by atoms with van der Waals surface area (Å²) >= 11 is 0. The van der Waals surface area contributed by atoms with Crippen LogP contribution < -0.4 is 5.32 Å². The summed E-state index contributed by atoms with van der Waals surface area (Å²) < 4.78 is 6.58. The van der Waals surface area contributed by atoms with Crippen LogP contribution in [0.25, 0.3) is 82.4 Å². The maximum atomic E-state index is 6.58. The normalized spacial score (nSPS) is 13.1. The van der Waals surface area contributed by atoms with Crippen LogP contribution in [0.15, 0.2) is 156 Å². The summed E-state index contributed by atoms with van der Waals surface area (Å²) in [6.45, 7) is 8.39. The molecule has 10 aromatic rings.